The number of hydrogen-bond acceptors (Lipinski definition) is 6. The van der Waals surface area contributed by atoms with Gasteiger partial charge in [-0.15, -0.1) is 10.2 Å². The molecule has 0 unspecified atom stereocenters. The Labute approximate surface area is 102 Å². The Morgan fingerprint density at radius 3 is 3.00 bits per heavy atom. The van der Waals surface area contributed by atoms with E-state index in [1.54, 1.807) is 12.1 Å². The summed E-state index contributed by atoms with van der Waals surface area (Å²) in [5.74, 6) is 0.0846. The largest absolute Gasteiger partial charge is 0.504 e. The van der Waals surface area contributed by atoms with E-state index in [4.69, 9.17) is 10.5 Å². The average molecular weight is 249 g/mol. The van der Waals surface area contributed by atoms with Crippen LogP contribution in [0.3, 0.4) is 0 Å². The molecule has 1 amide bonds. The second kappa shape index (κ2) is 4.70. The van der Waals surface area contributed by atoms with E-state index in [0.717, 1.165) is 4.80 Å². The molecule has 0 saturated heterocycles. The zero-order chi connectivity index (χ0) is 13.1. The van der Waals surface area contributed by atoms with Crippen molar-refractivity contribution >= 4 is 5.91 Å². The molecule has 0 spiro atoms. The van der Waals surface area contributed by atoms with E-state index in [2.05, 4.69) is 15.4 Å². The van der Waals surface area contributed by atoms with Crippen molar-refractivity contribution in [1.29, 1.82) is 0 Å². The zero-order valence-corrected chi connectivity index (χ0v) is 9.57. The Bertz CT molecular complexity index is 581. The van der Waals surface area contributed by atoms with Crippen LogP contribution in [0.25, 0.3) is 11.4 Å². The summed E-state index contributed by atoms with van der Waals surface area (Å²) in [4.78, 5) is 11.8. The van der Waals surface area contributed by atoms with Crippen molar-refractivity contribution in [3.8, 4) is 22.9 Å². The van der Waals surface area contributed by atoms with Crippen LogP contribution in [0.2, 0.25) is 0 Å². The van der Waals surface area contributed by atoms with Crippen molar-refractivity contribution in [2.24, 2.45) is 5.73 Å². The second-order valence-electron chi connectivity index (χ2n) is 3.50. The van der Waals surface area contributed by atoms with E-state index in [-0.39, 0.29) is 12.3 Å². The topological polar surface area (TPSA) is 116 Å². The van der Waals surface area contributed by atoms with Crippen molar-refractivity contribution in [2.75, 3.05) is 7.11 Å². The first-order valence-electron chi connectivity index (χ1n) is 5.03. The molecular formula is C10H11N5O3. The number of benzene rings is 1. The molecule has 0 bridgehead atoms. The fourth-order valence-electron chi connectivity index (χ4n) is 1.38. The highest BCUT2D eigenvalue weighted by Crippen LogP contribution is 2.29. The minimum Gasteiger partial charge on any atom is -0.504 e. The molecule has 0 saturated carbocycles. The highest BCUT2D eigenvalue weighted by atomic mass is 16.5. The Kier molecular flexibility index (Phi) is 3.09. The summed E-state index contributed by atoms with van der Waals surface area (Å²) < 4.78 is 4.97. The lowest BCUT2D eigenvalue weighted by Crippen LogP contribution is -2.20. The first-order valence-corrected chi connectivity index (χ1v) is 5.03. The number of phenolic OH excluding ortho intramolecular Hbond substituents is 1. The summed E-state index contributed by atoms with van der Waals surface area (Å²) in [6.45, 7) is -0.137. The SMILES string of the molecule is COc1cc(-c2nnn(CC(N)=O)n2)ccc1O. The molecule has 0 aliphatic heterocycles. The number of ether oxygens (including phenoxy) is 1. The van der Waals surface area contributed by atoms with E-state index >= 15 is 0 Å². The van der Waals surface area contributed by atoms with Crippen LogP contribution in [-0.2, 0) is 11.3 Å². The number of aromatic hydroxyl groups is 1. The van der Waals surface area contributed by atoms with E-state index < -0.39 is 5.91 Å². The second-order valence-corrected chi connectivity index (χ2v) is 3.50. The van der Waals surface area contributed by atoms with Gasteiger partial charge in [-0.25, -0.2) is 0 Å². The number of phenols is 1. The summed E-state index contributed by atoms with van der Waals surface area (Å²) in [6, 6.07) is 4.65. The number of amides is 1. The maximum atomic E-state index is 10.7. The molecule has 2 aromatic rings. The standard InChI is InChI=1S/C10H11N5O3/c1-18-8-4-6(2-3-7(8)16)10-12-14-15(13-10)5-9(11)17/h2-4,16H,5H2,1H3,(H2,11,17). The van der Waals surface area contributed by atoms with Crippen LogP contribution in [0.1, 0.15) is 0 Å². The van der Waals surface area contributed by atoms with Gasteiger partial charge in [0, 0.05) is 5.56 Å². The maximum absolute atomic E-state index is 10.7. The lowest BCUT2D eigenvalue weighted by Gasteiger charge is -2.03. The molecule has 2 rings (SSSR count). The number of carbonyl (C=O) groups excluding carboxylic acids is 1. The summed E-state index contributed by atoms with van der Waals surface area (Å²) in [5, 5.41) is 20.9. The number of aromatic nitrogens is 4. The van der Waals surface area contributed by atoms with Crippen LogP contribution in [-0.4, -0.2) is 38.3 Å². The van der Waals surface area contributed by atoms with Gasteiger partial charge in [0.15, 0.2) is 11.5 Å². The molecular weight excluding hydrogens is 238 g/mol. The van der Waals surface area contributed by atoms with Crippen LogP contribution in [0, 0.1) is 0 Å². The lowest BCUT2D eigenvalue weighted by molar-refractivity contribution is -0.118. The Hall–Kier alpha value is -2.64. The summed E-state index contributed by atoms with van der Waals surface area (Å²) in [7, 11) is 1.44. The van der Waals surface area contributed by atoms with Crippen molar-refractivity contribution in [2.45, 2.75) is 6.54 Å². The first kappa shape index (κ1) is 11.8. The fraction of sp³-hybridized carbons (Fsp3) is 0.200. The molecule has 94 valence electrons. The molecule has 3 N–H and O–H groups in total. The number of hydrogen-bond donors (Lipinski definition) is 2. The van der Waals surface area contributed by atoms with Gasteiger partial charge in [0.05, 0.1) is 7.11 Å². The fourth-order valence-corrected chi connectivity index (χ4v) is 1.38. The summed E-state index contributed by atoms with van der Waals surface area (Å²) in [6.07, 6.45) is 0. The lowest BCUT2D eigenvalue weighted by atomic mass is 10.2. The maximum Gasteiger partial charge on any atom is 0.241 e. The monoisotopic (exact) mass is 249 g/mol. The molecule has 8 heteroatoms. The first-order chi connectivity index (χ1) is 8.60. The average Bonchev–Trinajstić information content (AvgIpc) is 2.77. The summed E-state index contributed by atoms with van der Waals surface area (Å²) in [5.41, 5.74) is 5.63. The van der Waals surface area contributed by atoms with Crippen LogP contribution in [0.15, 0.2) is 18.2 Å². The molecule has 18 heavy (non-hydrogen) atoms. The molecule has 8 nitrogen and oxygen atoms in total. The van der Waals surface area contributed by atoms with Gasteiger partial charge in [-0.3, -0.25) is 4.79 Å². The number of nitrogens with zero attached hydrogens (tertiary/aromatic N) is 4. The van der Waals surface area contributed by atoms with E-state index in [1.165, 1.54) is 13.2 Å². The molecule has 0 atom stereocenters. The minimum absolute atomic E-state index is 0.0192. The van der Waals surface area contributed by atoms with E-state index in [1.807, 2.05) is 0 Å². The molecule has 0 aliphatic rings. The van der Waals surface area contributed by atoms with Gasteiger partial charge in [0.1, 0.15) is 6.54 Å². The number of tetrazole rings is 1. The van der Waals surface area contributed by atoms with Crippen molar-refractivity contribution in [3.63, 3.8) is 0 Å². The third kappa shape index (κ3) is 2.37. The molecule has 1 aromatic carbocycles. The number of carbonyl (C=O) groups is 1. The van der Waals surface area contributed by atoms with E-state index in [0.29, 0.717) is 17.1 Å². The predicted octanol–water partition coefficient (Wildman–Crippen LogP) is -0.460. The number of methoxy groups -OCH3 is 1. The van der Waals surface area contributed by atoms with Gasteiger partial charge in [-0.1, -0.05) is 0 Å². The van der Waals surface area contributed by atoms with Crippen LogP contribution >= 0.6 is 0 Å². The molecule has 1 aromatic heterocycles. The van der Waals surface area contributed by atoms with Crippen molar-refractivity contribution < 1.29 is 14.6 Å². The van der Waals surface area contributed by atoms with Crippen LogP contribution in [0.5, 0.6) is 11.5 Å². The van der Waals surface area contributed by atoms with Crippen LogP contribution in [0.4, 0.5) is 0 Å². The molecule has 1 heterocycles. The Balaban J connectivity index is 2.31. The smallest absolute Gasteiger partial charge is 0.241 e. The number of rotatable bonds is 4. The quantitative estimate of drug-likeness (QED) is 0.757. The number of primary amides is 1. The van der Waals surface area contributed by atoms with Gasteiger partial charge >= 0.3 is 0 Å². The molecule has 0 aliphatic carbocycles. The Morgan fingerprint density at radius 1 is 1.56 bits per heavy atom. The van der Waals surface area contributed by atoms with Crippen LogP contribution < -0.4 is 10.5 Å². The molecule has 0 radical (unpaired) electrons. The predicted molar refractivity (Wildman–Crippen MR) is 60.7 cm³/mol. The normalized spacial score (nSPS) is 10.3. The summed E-state index contributed by atoms with van der Waals surface area (Å²) >= 11 is 0. The van der Waals surface area contributed by atoms with E-state index in [9.17, 15) is 9.90 Å². The third-order valence-electron chi connectivity index (χ3n) is 2.19. The third-order valence-corrected chi connectivity index (χ3v) is 2.19. The van der Waals surface area contributed by atoms with Crippen molar-refractivity contribution in [3.05, 3.63) is 18.2 Å². The van der Waals surface area contributed by atoms with Crippen molar-refractivity contribution in [1.82, 2.24) is 20.2 Å². The zero-order valence-electron chi connectivity index (χ0n) is 9.57. The van der Waals surface area contributed by atoms with Gasteiger partial charge in [-0.2, -0.15) is 4.80 Å². The van der Waals surface area contributed by atoms with Gasteiger partial charge in [-0.05, 0) is 23.4 Å². The Morgan fingerprint density at radius 2 is 2.33 bits per heavy atom. The highest BCUT2D eigenvalue weighted by Gasteiger charge is 2.10. The van der Waals surface area contributed by atoms with Gasteiger partial charge < -0.3 is 15.6 Å². The van der Waals surface area contributed by atoms with Gasteiger partial charge in [0.25, 0.3) is 0 Å². The highest BCUT2D eigenvalue weighted by molar-refractivity contribution is 5.73. The van der Waals surface area contributed by atoms with Gasteiger partial charge in [0.2, 0.25) is 11.7 Å². The molecule has 0 fully saturated rings. The number of nitrogens with two attached hydrogens (primary N) is 1. The minimum atomic E-state index is -0.553.